The van der Waals surface area contributed by atoms with Gasteiger partial charge in [-0.25, -0.2) is 9.59 Å². The minimum Gasteiger partial charge on any atom is -0.481 e. The Balaban J connectivity index is 1.17. The average Bonchev–Trinajstić information content (AvgIpc) is 3.61. The third-order valence-corrected chi connectivity index (χ3v) is 17.5. The summed E-state index contributed by atoms with van der Waals surface area (Å²) in [5, 5.41) is 26.9. The van der Waals surface area contributed by atoms with Gasteiger partial charge in [0.05, 0.1) is 30.2 Å². The van der Waals surface area contributed by atoms with Crippen LogP contribution in [-0.2, 0) is 32.0 Å². The Morgan fingerprint density at radius 2 is 2.05 bits per heavy atom. The third-order valence-electron chi connectivity index (χ3n) is 14.7. The molecule has 1 aromatic carbocycles. The summed E-state index contributed by atoms with van der Waals surface area (Å²) in [6, 6.07) is 5.32. The number of nitrogens with one attached hydrogen (secondary N) is 2. The lowest BCUT2D eigenvalue weighted by Gasteiger charge is -2.62. The molecule has 0 radical (unpaired) electrons. The molecule has 13 nitrogen and oxygen atoms in total. The molecule has 330 valence electrons. The van der Waals surface area contributed by atoms with Crippen molar-refractivity contribution < 1.29 is 38.5 Å². The molecule has 1 aromatic heterocycles. The molecule has 9 rings (SSSR count). The zero-order valence-electron chi connectivity index (χ0n) is 35.6. The van der Waals surface area contributed by atoms with E-state index >= 15 is 0 Å². The molecule has 15 heteroatoms. The number of amides is 1. The summed E-state index contributed by atoms with van der Waals surface area (Å²) in [4.78, 5) is 57.7. The van der Waals surface area contributed by atoms with Gasteiger partial charge in [-0.1, -0.05) is 45.4 Å². The highest BCUT2D eigenvalue weighted by atomic mass is 33.1. The van der Waals surface area contributed by atoms with Gasteiger partial charge >= 0.3 is 11.6 Å². The molecular weight excluding hydrogens is 829 g/mol. The molecule has 2 aromatic rings. The molecule has 1 saturated carbocycles. The minimum atomic E-state index is -1.23. The molecule has 7 aliphatic rings. The summed E-state index contributed by atoms with van der Waals surface area (Å²) in [5.74, 6) is 0.436. The molecule has 2 bridgehead atoms. The minimum absolute atomic E-state index is 0.000107. The number of rotatable bonds is 9. The van der Waals surface area contributed by atoms with Crippen LogP contribution in [0.1, 0.15) is 64.0 Å². The Labute approximate surface area is 369 Å². The van der Waals surface area contributed by atoms with Gasteiger partial charge in [-0.05, 0) is 100 Å². The highest BCUT2D eigenvalue weighted by Gasteiger charge is 2.65. The molecular formula is C47H56N4O9S2. The highest BCUT2D eigenvalue weighted by Crippen LogP contribution is 2.59. The molecule has 10 unspecified atom stereocenters. The number of fused-ring (bicyclic) bond motifs is 7. The van der Waals surface area contributed by atoms with E-state index in [1.807, 2.05) is 43.2 Å². The van der Waals surface area contributed by atoms with Gasteiger partial charge in [0.15, 0.2) is 17.0 Å². The number of dihydropyridines is 1. The van der Waals surface area contributed by atoms with Gasteiger partial charge in [-0.2, -0.15) is 0 Å². The zero-order chi connectivity index (χ0) is 43.7. The monoisotopic (exact) mass is 884 g/mol. The summed E-state index contributed by atoms with van der Waals surface area (Å²) in [6.45, 7) is 5.67. The summed E-state index contributed by atoms with van der Waals surface area (Å²) in [7, 11) is 5.40. The number of benzene rings is 1. The fourth-order valence-corrected chi connectivity index (χ4v) is 14.5. The van der Waals surface area contributed by atoms with Gasteiger partial charge in [0.2, 0.25) is 5.91 Å². The van der Waals surface area contributed by atoms with Crippen molar-refractivity contribution in [2.24, 2.45) is 29.4 Å². The fourth-order valence-electron chi connectivity index (χ4n) is 11.4. The van der Waals surface area contributed by atoms with Crippen molar-refractivity contribution in [3.05, 3.63) is 98.2 Å². The number of aliphatic hydroxyl groups is 2. The van der Waals surface area contributed by atoms with Crippen LogP contribution in [0.5, 0.6) is 5.75 Å². The number of carbonyl (C=O) groups is 3. The van der Waals surface area contributed by atoms with Crippen LogP contribution in [0.3, 0.4) is 0 Å². The van der Waals surface area contributed by atoms with E-state index in [0.717, 1.165) is 22.3 Å². The molecule has 10 atom stereocenters. The Hall–Kier alpha value is -4.28. The van der Waals surface area contributed by atoms with Crippen LogP contribution in [0.4, 0.5) is 0 Å². The maximum absolute atomic E-state index is 14.9. The van der Waals surface area contributed by atoms with Crippen LogP contribution >= 0.6 is 21.6 Å². The van der Waals surface area contributed by atoms with Gasteiger partial charge < -0.3 is 45.4 Å². The van der Waals surface area contributed by atoms with E-state index in [2.05, 4.69) is 16.7 Å². The predicted molar refractivity (Wildman–Crippen MR) is 239 cm³/mol. The van der Waals surface area contributed by atoms with Crippen molar-refractivity contribution in [3.63, 3.8) is 0 Å². The van der Waals surface area contributed by atoms with Crippen LogP contribution in [0.25, 0.3) is 11.0 Å². The topological polar surface area (TPSA) is 194 Å². The van der Waals surface area contributed by atoms with E-state index in [0.29, 0.717) is 84.5 Å². The van der Waals surface area contributed by atoms with Crippen molar-refractivity contribution in [1.82, 2.24) is 15.5 Å². The number of ketones is 1. The van der Waals surface area contributed by atoms with Crippen molar-refractivity contribution in [2.45, 2.75) is 100 Å². The molecule has 4 aliphatic heterocycles. The Bertz CT molecular complexity index is 2420. The van der Waals surface area contributed by atoms with Crippen molar-refractivity contribution in [1.29, 1.82) is 0 Å². The van der Waals surface area contributed by atoms with Crippen LogP contribution in [-0.4, -0.2) is 99.9 Å². The van der Waals surface area contributed by atoms with Crippen LogP contribution in [0, 0.1) is 23.7 Å². The molecule has 6 N–H and O–H groups in total. The number of aliphatic hydroxyl groups excluding tert-OH is 2. The summed E-state index contributed by atoms with van der Waals surface area (Å²) in [6.07, 6.45) is 12.3. The van der Waals surface area contributed by atoms with Crippen LogP contribution in [0.15, 0.2) is 85.9 Å². The first-order valence-electron chi connectivity index (χ1n) is 21.8. The molecule has 2 fully saturated rings. The van der Waals surface area contributed by atoms with Gasteiger partial charge in [0.25, 0.3) is 0 Å². The second kappa shape index (κ2) is 16.7. The molecule has 5 heterocycles. The molecule has 1 amide bonds. The SMILES string of the molecule is CC=C(C)C(=O)OC1(C)CC=C2CSSC3CC4C(=O)C=CC5C(C4NC)C3N5C(=O)CC3=C(C=C(N)NC3)C2C12Cc1cc3cc(CC(CO)CCCO)c(=O)oc3cc1O2. The number of carbonyl (C=O) groups excluding carboxylic acids is 3. The maximum atomic E-state index is 14.9. The van der Waals surface area contributed by atoms with Gasteiger partial charge in [-0.15, -0.1) is 0 Å². The number of ether oxygens (including phenoxy) is 2. The van der Waals surface area contributed by atoms with Gasteiger partial charge in [0.1, 0.15) is 11.3 Å². The smallest absolute Gasteiger partial charge is 0.339 e. The van der Waals surface area contributed by atoms with Crippen LogP contribution < -0.4 is 26.7 Å². The molecule has 1 spiro atoms. The number of allylic oxidation sites excluding steroid dienone is 3. The van der Waals surface area contributed by atoms with E-state index in [-0.39, 0.29) is 72.5 Å². The number of esters is 1. The number of hydrogen-bond acceptors (Lipinski definition) is 14. The van der Waals surface area contributed by atoms with Crippen molar-refractivity contribution in [2.75, 3.05) is 32.6 Å². The van der Waals surface area contributed by atoms with E-state index in [9.17, 15) is 29.4 Å². The number of hydrogen-bond donors (Lipinski definition) is 5. The molecule has 62 heavy (non-hydrogen) atoms. The summed E-state index contributed by atoms with van der Waals surface area (Å²) in [5.41, 5.74) is 8.54. The summed E-state index contributed by atoms with van der Waals surface area (Å²) < 4.78 is 19.9. The lowest BCUT2D eigenvalue weighted by molar-refractivity contribution is -0.186. The Kier molecular flexibility index (Phi) is 11.6. The first-order chi connectivity index (χ1) is 29.8. The van der Waals surface area contributed by atoms with E-state index in [1.165, 1.54) is 0 Å². The quantitative estimate of drug-likeness (QED) is 0.0783. The standard InChI is InChI=1S/C47H56N4O9S2/c1-5-24(2)44(56)60-46(3)11-10-26-23-61-62-37-17-32-34(54)9-8-33-40(42(32)49-4)43(37)51(33)39(55)16-30-21-50-38(48)18-31(30)41(26)47(46)20-29-15-27-14-28(13-25(22-53)7-6-12-52)45(57)58-35(27)19-36(29)59-47/h5,8-10,14-15,18-19,25,32-33,37,40-43,49-50,52-53H,6-7,11-13,16-17,20-23,48H2,1-4H3. The van der Waals surface area contributed by atoms with Crippen molar-refractivity contribution in [3.8, 4) is 5.75 Å². The van der Waals surface area contributed by atoms with Gasteiger partial charge in [0, 0.05) is 84.1 Å². The maximum Gasteiger partial charge on any atom is 0.339 e. The predicted octanol–water partition coefficient (Wildman–Crippen LogP) is 4.40. The number of nitrogens with zero attached hydrogens (tertiary/aromatic N) is 1. The van der Waals surface area contributed by atoms with E-state index < -0.39 is 28.7 Å². The first kappa shape index (κ1) is 43.0. The average molecular weight is 885 g/mol. The Morgan fingerprint density at radius 1 is 1.23 bits per heavy atom. The van der Waals surface area contributed by atoms with E-state index in [4.69, 9.17) is 19.6 Å². The molecule has 1 saturated heterocycles. The second-order valence-corrected chi connectivity index (χ2v) is 20.8. The number of nitrogens with two attached hydrogens (primary N) is 1. The third kappa shape index (κ3) is 7.06. The van der Waals surface area contributed by atoms with E-state index in [1.54, 1.807) is 53.7 Å². The molecule has 3 aliphatic carbocycles. The normalized spacial score (nSPS) is 33.1. The van der Waals surface area contributed by atoms with Crippen molar-refractivity contribution >= 4 is 50.2 Å². The lowest BCUT2D eigenvalue weighted by atomic mass is 9.61. The lowest BCUT2D eigenvalue weighted by Crippen LogP contribution is -2.75. The zero-order valence-corrected chi connectivity index (χ0v) is 37.2. The first-order valence-corrected chi connectivity index (χ1v) is 24.2. The largest absolute Gasteiger partial charge is 0.481 e. The highest BCUT2D eigenvalue weighted by molar-refractivity contribution is 8.77. The van der Waals surface area contributed by atoms with Gasteiger partial charge in [-0.3, -0.25) is 9.59 Å². The summed E-state index contributed by atoms with van der Waals surface area (Å²) >= 11 is 0. The Morgan fingerprint density at radius 3 is 2.81 bits per heavy atom. The van der Waals surface area contributed by atoms with Crippen LogP contribution in [0.2, 0.25) is 0 Å². The second-order valence-electron chi connectivity index (χ2n) is 18.2. The fraction of sp³-hybridized carbons (Fsp3) is 0.532.